The van der Waals surface area contributed by atoms with E-state index in [1.165, 1.54) is 31.4 Å². The van der Waals surface area contributed by atoms with Crippen LogP contribution in [0.15, 0.2) is 42.5 Å². The lowest BCUT2D eigenvalue weighted by atomic mass is 10.0. The number of carbonyl (C=O) groups excluding carboxylic acids is 1. The Bertz CT molecular complexity index is 642. The number of ketones is 1. The molecule has 0 unspecified atom stereocenters. The third kappa shape index (κ3) is 3.90. The van der Waals surface area contributed by atoms with Crippen molar-refractivity contribution < 1.29 is 23.0 Å². The number of carbonyl (C=O) groups is 1. The van der Waals surface area contributed by atoms with Crippen molar-refractivity contribution >= 4 is 28.4 Å². The SMILES string of the molecule is COc1ccc(I)cc1C(=O)c1ccc(OC(F)F)cc1. The van der Waals surface area contributed by atoms with Crippen LogP contribution in [-0.4, -0.2) is 19.5 Å². The van der Waals surface area contributed by atoms with E-state index in [-0.39, 0.29) is 11.5 Å². The minimum atomic E-state index is -2.89. The van der Waals surface area contributed by atoms with E-state index < -0.39 is 6.61 Å². The van der Waals surface area contributed by atoms with Crippen molar-refractivity contribution in [2.75, 3.05) is 7.11 Å². The first-order valence-corrected chi connectivity index (χ1v) is 7.02. The molecule has 0 aliphatic carbocycles. The molecule has 0 aliphatic heterocycles. The molecule has 0 bridgehead atoms. The first-order valence-electron chi connectivity index (χ1n) is 5.94. The van der Waals surface area contributed by atoms with Gasteiger partial charge in [0.05, 0.1) is 12.7 Å². The molecule has 0 heterocycles. The number of hydrogen-bond donors (Lipinski definition) is 0. The van der Waals surface area contributed by atoms with Gasteiger partial charge in [-0.05, 0) is 65.1 Å². The third-order valence-corrected chi connectivity index (χ3v) is 3.42. The lowest BCUT2D eigenvalue weighted by molar-refractivity contribution is -0.0498. The molecule has 0 radical (unpaired) electrons. The van der Waals surface area contributed by atoms with E-state index in [1.807, 2.05) is 6.07 Å². The van der Waals surface area contributed by atoms with Crippen molar-refractivity contribution in [1.29, 1.82) is 0 Å². The van der Waals surface area contributed by atoms with Gasteiger partial charge in [-0.2, -0.15) is 8.78 Å². The van der Waals surface area contributed by atoms with Crippen LogP contribution in [0, 0.1) is 3.57 Å². The maximum atomic E-state index is 12.4. The smallest absolute Gasteiger partial charge is 0.387 e. The van der Waals surface area contributed by atoms with Crippen molar-refractivity contribution in [2.45, 2.75) is 6.61 Å². The lowest BCUT2D eigenvalue weighted by Gasteiger charge is -2.09. The number of alkyl halides is 2. The summed E-state index contributed by atoms with van der Waals surface area (Å²) in [5.74, 6) is 0.235. The van der Waals surface area contributed by atoms with Gasteiger partial charge in [-0.3, -0.25) is 4.79 Å². The number of hydrogen-bond acceptors (Lipinski definition) is 3. The minimum absolute atomic E-state index is 0.0103. The summed E-state index contributed by atoms with van der Waals surface area (Å²) in [6.07, 6.45) is 0. The van der Waals surface area contributed by atoms with E-state index >= 15 is 0 Å². The molecule has 110 valence electrons. The number of ether oxygens (including phenoxy) is 2. The second kappa shape index (κ2) is 6.84. The monoisotopic (exact) mass is 404 g/mol. The summed E-state index contributed by atoms with van der Waals surface area (Å²) in [4.78, 5) is 12.4. The maximum absolute atomic E-state index is 12.4. The van der Waals surface area contributed by atoms with Gasteiger partial charge in [-0.25, -0.2) is 0 Å². The van der Waals surface area contributed by atoms with E-state index in [2.05, 4.69) is 27.3 Å². The molecule has 2 rings (SSSR count). The molecule has 0 amide bonds. The van der Waals surface area contributed by atoms with Crippen molar-refractivity contribution in [2.24, 2.45) is 0 Å². The van der Waals surface area contributed by atoms with E-state index in [0.29, 0.717) is 16.9 Å². The fraction of sp³-hybridized carbons (Fsp3) is 0.133. The first kappa shape index (κ1) is 15.7. The van der Waals surface area contributed by atoms with Crippen LogP contribution in [0.1, 0.15) is 15.9 Å². The van der Waals surface area contributed by atoms with Gasteiger partial charge >= 0.3 is 6.61 Å². The molecular weight excluding hydrogens is 393 g/mol. The zero-order valence-corrected chi connectivity index (χ0v) is 13.1. The Morgan fingerprint density at radius 2 is 1.81 bits per heavy atom. The normalized spacial score (nSPS) is 10.5. The van der Waals surface area contributed by atoms with Gasteiger partial charge in [0.1, 0.15) is 11.5 Å². The lowest BCUT2D eigenvalue weighted by Crippen LogP contribution is -2.05. The molecule has 0 spiro atoms. The summed E-state index contributed by atoms with van der Waals surface area (Å²) >= 11 is 2.10. The third-order valence-electron chi connectivity index (χ3n) is 2.75. The second-order valence-electron chi connectivity index (χ2n) is 4.08. The molecule has 0 saturated heterocycles. The van der Waals surface area contributed by atoms with Crippen molar-refractivity contribution in [3.63, 3.8) is 0 Å². The van der Waals surface area contributed by atoms with Gasteiger partial charge < -0.3 is 9.47 Å². The van der Waals surface area contributed by atoms with Gasteiger partial charge in [0.25, 0.3) is 0 Å². The Morgan fingerprint density at radius 3 is 2.38 bits per heavy atom. The summed E-state index contributed by atoms with van der Waals surface area (Å²) in [5, 5.41) is 0. The zero-order chi connectivity index (χ0) is 15.4. The standard InChI is InChI=1S/C15H11F2IO3/c1-20-13-7-4-10(18)8-12(13)14(19)9-2-5-11(6-3-9)21-15(16)17/h2-8,15H,1H3. The molecular formula is C15H11F2IO3. The van der Waals surface area contributed by atoms with Crippen LogP contribution in [0.3, 0.4) is 0 Å². The predicted molar refractivity (Wildman–Crippen MR) is 82.2 cm³/mol. The summed E-state index contributed by atoms with van der Waals surface area (Å²) in [7, 11) is 1.48. The van der Waals surface area contributed by atoms with Gasteiger partial charge in [-0.15, -0.1) is 0 Å². The summed E-state index contributed by atoms with van der Waals surface area (Å²) in [6, 6.07) is 10.8. The van der Waals surface area contributed by atoms with Gasteiger partial charge in [-0.1, -0.05) is 0 Å². The second-order valence-corrected chi connectivity index (χ2v) is 5.32. The van der Waals surface area contributed by atoms with E-state index in [4.69, 9.17) is 4.74 Å². The summed E-state index contributed by atoms with van der Waals surface area (Å²) in [6.45, 7) is -2.89. The predicted octanol–water partition coefficient (Wildman–Crippen LogP) is 4.13. The molecule has 2 aromatic carbocycles. The van der Waals surface area contributed by atoms with E-state index in [9.17, 15) is 13.6 Å². The van der Waals surface area contributed by atoms with Crippen molar-refractivity contribution in [3.05, 3.63) is 57.2 Å². The highest BCUT2D eigenvalue weighted by Gasteiger charge is 2.15. The van der Waals surface area contributed by atoms with Crippen molar-refractivity contribution in [3.8, 4) is 11.5 Å². The van der Waals surface area contributed by atoms with Crippen LogP contribution in [0.25, 0.3) is 0 Å². The molecule has 6 heteroatoms. The maximum Gasteiger partial charge on any atom is 0.387 e. The number of rotatable bonds is 5. The number of benzene rings is 2. The average Bonchev–Trinajstić information content (AvgIpc) is 2.46. The van der Waals surface area contributed by atoms with Gasteiger partial charge in [0, 0.05) is 9.13 Å². The molecule has 3 nitrogen and oxygen atoms in total. The fourth-order valence-corrected chi connectivity index (χ4v) is 2.29. The zero-order valence-electron chi connectivity index (χ0n) is 11.0. The van der Waals surface area contributed by atoms with Gasteiger partial charge in [0.15, 0.2) is 5.78 Å². The first-order chi connectivity index (χ1) is 10.0. The molecule has 0 atom stereocenters. The van der Waals surface area contributed by atoms with E-state index in [0.717, 1.165) is 3.57 Å². The van der Waals surface area contributed by atoms with Crippen LogP contribution in [0.4, 0.5) is 8.78 Å². The Hall–Kier alpha value is -1.70. The Kier molecular flexibility index (Phi) is 5.11. The minimum Gasteiger partial charge on any atom is -0.496 e. The van der Waals surface area contributed by atoms with Crippen LogP contribution >= 0.6 is 22.6 Å². The highest BCUT2D eigenvalue weighted by molar-refractivity contribution is 14.1. The summed E-state index contributed by atoms with van der Waals surface area (Å²) < 4.78 is 34.5. The largest absolute Gasteiger partial charge is 0.496 e. The highest BCUT2D eigenvalue weighted by Crippen LogP contribution is 2.25. The number of methoxy groups -OCH3 is 1. The molecule has 0 aliphatic rings. The van der Waals surface area contributed by atoms with Crippen LogP contribution in [0.5, 0.6) is 11.5 Å². The molecule has 0 aromatic heterocycles. The average molecular weight is 404 g/mol. The fourth-order valence-electron chi connectivity index (χ4n) is 1.80. The Labute approximate surface area is 134 Å². The molecule has 0 saturated carbocycles. The number of halogens is 3. The van der Waals surface area contributed by atoms with Crippen LogP contribution in [0.2, 0.25) is 0 Å². The van der Waals surface area contributed by atoms with Crippen molar-refractivity contribution in [1.82, 2.24) is 0 Å². The van der Waals surface area contributed by atoms with Crippen LogP contribution in [-0.2, 0) is 0 Å². The molecule has 21 heavy (non-hydrogen) atoms. The molecule has 2 aromatic rings. The van der Waals surface area contributed by atoms with Crippen LogP contribution < -0.4 is 9.47 Å². The highest BCUT2D eigenvalue weighted by atomic mass is 127. The summed E-state index contributed by atoms with van der Waals surface area (Å²) in [5.41, 5.74) is 0.795. The molecule has 0 N–H and O–H groups in total. The Morgan fingerprint density at radius 1 is 1.14 bits per heavy atom. The quantitative estimate of drug-likeness (QED) is 0.556. The Balaban J connectivity index is 2.30. The van der Waals surface area contributed by atoms with Gasteiger partial charge in [0.2, 0.25) is 0 Å². The molecule has 0 fully saturated rings. The topological polar surface area (TPSA) is 35.5 Å². The van der Waals surface area contributed by atoms with E-state index in [1.54, 1.807) is 12.1 Å².